The highest BCUT2D eigenvalue weighted by Gasteiger charge is 2.44. The molecule has 0 bridgehead atoms. The van der Waals surface area contributed by atoms with Crippen LogP contribution in [0.2, 0.25) is 0 Å². The fourth-order valence-electron chi connectivity index (χ4n) is 11.8. The third-order valence-electron chi connectivity index (χ3n) is 14.8. The zero-order chi connectivity index (χ0) is 44.8. The number of carbonyl (C=O) groups excluding carboxylic acids is 1. The number of aryl methyl sites for hydroxylation is 4. The lowest BCUT2D eigenvalue weighted by Crippen LogP contribution is -2.35. The van der Waals surface area contributed by atoms with Crippen molar-refractivity contribution in [2.24, 2.45) is 0 Å². The number of aromatic nitrogens is 4. The Morgan fingerprint density at radius 2 is 1.04 bits per heavy atom. The van der Waals surface area contributed by atoms with Gasteiger partial charge >= 0.3 is 6.09 Å². The van der Waals surface area contributed by atoms with Crippen molar-refractivity contribution in [1.29, 1.82) is 0 Å². The Bertz CT molecular complexity index is 3220. The van der Waals surface area contributed by atoms with Gasteiger partial charge in [-0.2, -0.15) is 0 Å². The molecule has 0 spiro atoms. The van der Waals surface area contributed by atoms with E-state index in [0.717, 1.165) is 43.4 Å². The second-order valence-electron chi connectivity index (χ2n) is 20.2. The molecular formula is C56H68N6O4S. The number of carbonyl (C=O) groups is 1. The van der Waals surface area contributed by atoms with Gasteiger partial charge in [0.15, 0.2) is 0 Å². The van der Waals surface area contributed by atoms with Crippen LogP contribution in [-0.4, -0.2) is 79.8 Å². The SMILES string of the molecule is C.C.CC(C)(C)OC(=O)N1C[C@@H](c2c[nH]c3ccccc23)[C@H](c2cn3c4c(cccc24)CCC3)C1.CC(C)S(=O)(=O)N1C[C@@H](c2c[nH]c3ccccc23)[C@H](c2cn3c4c(cccc24)CCC3)C1. The molecule has 4 aromatic heterocycles. The van der Waals surface area contributed by atoms with Crippen molar-refractivity contribution in [3.05, 3.63) is 143 Å². The van der Waals surface area contributed by atoms with Crippen molar-refractivity contribution in [3.8, 4) is 0 Å². The van der Waals surface area contributed by atoms with E-state index in [-0.39, 0.29) is 44.6 Å². The van der Waals surface area contributed by atoms with Crippen LogP contribution < -0.4 is 0 Å². The molecule has 8 aromatic rings. The molecule has 11 heteroatoms. The number of nitrogens with zero attached hydrogens (tertiary/aromatic N) is 4. The van der Waals surface area contributed by atoms with E-state index in [2.05, 4.69) is 123 Å². The summed E-state index contributed by atoms with van der Waals surface area (Å²) in [6.07, 6.45) is 13.3. The zero-order valence-electron chi connectivity index (χ0n) is 38.2. The van der Waals surface area contributed by atoms with E-state index in [1.165, 1.54) is 72.4 Å². The molecule has 2 fully saturated rings. The van der Waals surface area contributed by atoms with Crippen LogP contribution >= 0.6 is 0 Å². The van der Waals surface area contributed by atoms with Crippen molar-refractivity contribution < 1.29 is 17.9 Å². The zero-order valence-corrected chi connectivity index (χ0v) is 39.0. The van der Waals surface area contributed by atoms with Gasteiger partial charge in [-0.05, 0) is 106 Å². The fourth-order valence-corrected chi connectivity index (χ4v) is 13.1. The van der Waals surface area contributed by atoms with Gasteiger partial charge < -0.3 is 28.7 Å². The first kappa shape index (κ1) is 46.3. The standard InChI is InChI=1S/C28H31N3O2.C26H29N3O2S.2CH4/c1-28(2,3)33-27(32)31-16-23(21-14-29-25-12-5-4-10-19(21)25)24(17-31)22-15-30-13-7-9-18-8-6-11-20(22)26(18)30;1-17(2)32(30,31)29-15-23(21-13-27-25-11-4-3-9-19(21)25)24(16-29)22-14-28-12-6-8-18-7-5-10-20(22)26(18)28;;/h4-6,8,10-12,14-15,23-24,29H,7,9,13,16-17H2,1-3H3;3-5,7,9-11,13-14,17,23-24,27H,6,8,12,15-16H2,1-2H3;2*1H4/t2*23-,24-;;/m00../s1. The molecule has 8 heterocycles. The third-order valence-corrected chi connectivity index (χ3v) is 17.0. The number of likely N-dealkylation sites (tertiary alicyclic amines) is 1. The molecule has 4 aliphatic rings. The molecule has 0 radical (unpaired) electrons. The number of ether oxygens (including phenoxy) is 1. The van der Waals surface area contributed by atoms with E-state index in [1.54, 1.807) is 18.2 Å². The van der Waals surface area contributed by atoms with Crippen molar-refractivity contribution in [2.45, 2.75) is 123 Å². The average molecular weight is 921 g/mol. The van der Waals surface area contributed by atoms with E-state index in [0.29, 0.717) is 26.2 Å². The van der Waals surface area contributed by atoms with Crippen LogP contribution in [-0.2, 0) is 40.7 Å². The Balaban J connectivity index is 0.000000163. The quantitative estimate of drug-likeness (QED) is 0.173. The van der Waals surface area contributed by atoms with E-state index < -0.39 is 20.9 Å². The number of para-hydroxylation sites is 4. The van der Waals surface area contributed by atoms with E-state index in [1.807, 2.05) is 31.7 Å². The highest BCUT2D eigenvalue weighted by atomic mass is 32.2. The van der Waals surface area contributed by atoms with Crippen LogP contribution in [0.25, 0.3) is 43.6 Å². The van der Waals surface area contributed by atoms with Gasteiger partial charge in [0.25, 0.3) is 0 Å². The summed E-state index contributed by atoms with van der Waals surface area (Å²) in [7, 11) is -3.33. The van der Waals surface area contributed by atoms with Crippen molar-refractivity contribution >= 4 is 59.7 Å². The largest absolute Gasteiger partial charge is 0.444 e. The summed E-state index contributed by atoms with van der Waals surface area (Å²) in [6, 6.07) is 30.1. The number of hydrogen-bond donors (Lipinski definition) is 2. The second-order valence-corrected chi connectivity index (χ2v) is 22.7. The van der Waals surface area contributed by atoms with Crippen LogP contribution in [0.15, 0.2) is 110 Å². The smallest absolute Gasteiger partial charge is 0.410 e. The maximum absolute atomic E-state index is 13.2. The van der Waals surface area contributed by atoms with Crippen LogP contribution in [0, 0.1) is 0 Å². The Morgan fingerprint density at radius 1 is 0.612 bits per heavy atom. The van der Waals surface area contributed by atoms with Gasteiger partial charge in [-0.3, -0.25) is 0 Å². The number of hydrogen-bond acceptors (Lipinski definition) is 4. The van der Waals surface area contributed by atoms with Crippen LogP contribution in [0.1, 0.15) is 119 Å². The summed E-state index contributed by atoms with van der Waals surface area (Å²) in [6.45, 7) is 13.8. The summed E-state index contributed by atoms with van der Waals surface area (Å²) >= 11 is 0. The summed E-state index contributed by atoms with van der Waals surface area (Å²) in [5, 5.41) is 4.65. The number of H-pyrrole nitrogens is 2. The minimum absolute atomic E-state index is 0. The Hall–Kier alpha value is -5.78. The molecule has 0 unspecified atom stereocenters. The van der Waals surface area contributed by atoms with Gasteiger partial charge in [0.2, 0.25) is 10.0 Å². The summed E-state index contributed by atoms with van der Waals surface area (Å²) in [5.74, 6) is 0.661. The molecule has 4 atom stereocenters. The number of sulfonamides is 1. The molecule has 352 valence electrons. The monoisotopic (exact) mass is 921 g/mol. The van der Waals surface area contributed by atoms with Crippen molar-refractivity contribution in [3.63, 3.8) is 0 Å². The minimum atomic E-state index is -3.33. The van der Waals surface area contributed by atoms with Crippen molar-refractivity contribution in [1.82, 2.24) is 28.3 Å². The molecule has 1 amide bonds. The maximum Gasteiger partial charge on any atom is 0.410 e. The van der Waals surface area contributed by atoms with E-state index >= 15 is 0 Å². The lowest BCUT2D eigenvalue weighted by molar-refractivity contribution is 0.0290. The Labute approximate surface area is 396 Å². The molecule has 0 aliphatic carbocycles. The highest BCUT2D eigenvalue weighted by Crippen LogP contribution is 2.48. The lowest BCUT2D eigenvalue weighted by atomic mass is 9.83. The first-order valence-electron chi connectivity index (χ1n) is 23.6. The Morgan fingerprint density at radius 3 is 1.52 bits per heavy atom. The normalized spacial score (nSPS) is 20.6. The van der Waals surface area contributed by atoms with E-state index in [9.17, 15) is 13.2 Å². The number of amides is 1. The van der Waals surface area contributed by atoms with Gasteiger partial charge in [-0.1, -0.05) is 87.6 Å². The van der Waals surface area contributed by atoms with Gasteiger partial charge in [-0.15, -0.1) is 0 Å². The molecule has 2 saturated heterocycles. The average Bonchev–Trinajstić information content (AvgIpc) is 4.16. The lowest BCUT2D eigenvalue weighted by Gasteiger charge is -2.24. The van der Waals surface area contributed by atoms with Crippen LogP contribution in [0.5, 0.6) is 0 Å². The molecule has 4 aromatic carbocycles. The fraction of sp³-hybridized carbons (Fsp3) is 0.411. The second kappa shape index (κ2) is 17.7. The van der Waals surface area contributed by atoms with Gasteiger partial charge in [0.1, 0.15) is 5.60 Å². The summed E-state index contributed by atoms with van der Waals surface area (Å²) in [5.41, 5.74) is 12.5. The molecule has 10 nitrogen and oxygen atoms in total. The van der Waals surface area contributed by atoms with Crippen LogP contribution in [0.4, 0.5) is 4.79 Å². The maximum atomic E-state index is 13.2. The molecule has 0 saturated carbocycles. The topological polar surface area (TPSA) is 108 Å². The first-order chi connectivity index (χ1) is 31.3. The number of aromatic amines is 2. The highest BCUT2D eigenvalue weighted by molar-refractivity contribution is 7.89. The first-order valence-corrected chi connectivity index (χ1v) is 25.1. The predicted molar refractivity (Wildman–Crippen MR) is 275 cm³/mol. The summed E-state index contributed by atoms with van der Waals surface area (Å²) < 4.78 is 38.7. The predicted octanol–water partition coefficient (Wildman–Crippen LogP) is 12.4. The molecule has 12 rings (SSSR count). The number of rotatable bonds is 6. The molecule has 67 heavy (non-hydrogen) atoms. The Kier molecular flexibility index (Phi) is 12.2. The van der Waals surface area contributed by atoms with Gasteiger partial charge in [-0.25, -0.2) is 17.5 Å². The number of fused-ring (bicyclic) bond motifs is 2. The number of nitrogens with one attached hydrogen (secondary N) is 2. The van der Waals surface area contributed by atoms with E-state index in [4.69, 9.17) is 4.74 Å². The van der Waals surface area contributed by atoms with Gasteiger partial charge in [0, 0.05) is 120 Å². The summed E-state index contributed by atoms with van der Waals surface area (Å²) in [4.78, 5) is 21.9. The molecule has 4 aliphatic heterocycles. The van der Waals surface area contributed by atoms with Crippen molar-refractivity contribution in [2.75, 3.05) is 26.2 Å². The molecular weight excluding hydrogens is 853 g/mol. The van der Waals surface area contributed by atoms with Gasteiger partial charge in [0.05, 0.1) is 16.3 Å². The minimum Gasteiger partial charge on any atom is -0.444 e. The van der Waals surface area contributed by atoms with Crippen LogP contribution in [0.3, 0.4) is 0 Å². The third kappa shape index (κ3) is 8.05. The number of benzene rings is 4. The molecule has 2 N–H and O–H groups in total.